The maximum absolute atomic E-state index is 14.3. The van der Waals surface area contributed by atoms with Gasteiger partial charge in [0.05, 0.1) is 5.57 Å². The summed E-state index contributed by atoms with van der Waals surface area (Å²) >= 11 is 13.7. The lowest BCUT2D eigenvalue weighted by Crippen LogP contribution is -2.32. The Morgan fingerprint density at radius 2 is 1.82 bits per heavy atom. The van der Waals surface area contributed by atoms with Gasteiger partial charge in [0, 0.05) is 27.1 Å². The van der Waals surface area contributed by atoms with Crippen molar-refractivity contribution in [2.24, 2.45) is 0 Å². The van der Waals surface area contributed by atoms with E-state index in [2.05, 4.69) is 10.3 Å². The van der Waals surface area contributed by atoms with Crippen LogP contribution < -0.4 is 10.1 Å². The third-order valence-electron chi connectivity index (χ3n) is 7.80. The Kier molecular flexibility index (Phi) is 9.44. The fraction of sp³-hybridized carbons (Fsp3) is 0.303. The number of nitrogens with one attached hydrogen (secondary N) is 1. The van der Waals surface area contributed by atoms with E-state index >= 15 is 0 Å². The smallest absolute Gasteiger partial charge is 0.338 e. The Morgan fingerprint density at radius 1 is 1.05 bits per heavy atom. The second kappa shape index (κ2) is 13.6. The van der Waals surface area contributed by atoms with E-state index < -0.39 is 6.04 Å². The Hall–Kier alpha value is -3.53. The van der Waals surface area contributed by atoms with Crippen molar-refractivity contribution in [1.29, 1.82) is 0 Å². The molecule has 1 fully saturated rings. The predicted octanol–water partition coefficient (Wildman–Crippen LogP) is 8.76. The van der Waals surface area contributed by atoms with Crippen molar-refractivity contribution in [3.05, 3.63) is 111 Å². The zero-order valence-electron chi connectivity index (χ0n) is 24.1. The van der Waals surface area contributed by atoms with Crippen LogP contribution in [0.2, 0.25) is 10.0 Å². The van der Waals surface area contributed by atoms with Gasteiger partial charge in [-0.25, -0.2) is 13.9 Å². The highest BCUT2D eigenvalue weighted by molar-refractivity contribution is 7.98. The first-order valence-electron chi connectivity index (χ1n) is 14.5. The minimum atomic E-state index is -0.586. The third kappa shape index (κ3) is 6.90. The normalized spacial score (nSPS) is 16.8. The summed E-state index contributed by atoms with van der Waals surface area (Å²) in [5.41, 5.74) is 3.32. The van der Waals surface area contributed by atoms with Crippen LogP contribution in [0.3, 0.4) is 0 Å². The van der Waals surface area contributed by atoms with Gasteiger partial charge in [-0.3, -0.25) is 0 Å². The van der Waals surface area contributed by atoms with Gasteiger partial charge >= 0.3 is 5.97 Å². The first-order chi connectivity index (χ1) is 21.4. The van der Waals surface area contributed by atoms with Gasteiger partial charge in [0.15, 0.2) is 0 Å². The average molecular weight is 654 g/mol. The van der Waals surface area contributed by atoms with Crippen LogP contribution in [0.15, 0.2) is 83.2 Å². The number of allylic oxidation sites excluding steroid dienone is 1. The molecule has 1 aliphatic carbocycles. The molecule has 1 aliphatic heterocycles. The maximum atomic E-state index is 14.3. The molecule has 6 rings (SSSR count). The SMILES string of the molecule is CC1=C(C(=O)OC2CCCCC2)C(c2ccc(OCc3ccc(Cl)cc3Cl)cc2)n2nc(SCc3ccccc3F)nc2N1. The van der Waals surface area contributed by atoms with Crippen molar-refractivity contribution >= 4 is 46.9 Å². The maximum Gasteiger partial charge on any atom is 0.338 e. The van der Waals surface area contributed by atoms with Gasteiger partial charge in [-0.1, -0.05) is 77.8 Å². The molecule has 1 aromatic heterocycles. The van der Waals surface area contributed by atoms with Crippen LogP contribution in [0, 0.1) is 5.82 Å². The van der Waals surface area contributed by atoms with E-state index in [0.717, 1.165) is 43.2 Å². The monoisotopic (exact) mass is 652 g/mol. The molecule has 7 nitrogen and oxygen atoms in total. The van der Waals surface area contributed by atoms with Crippen molar-refractivity contribution in [2.75, 3.05) is 5.32 Å². The van der Waals surface area contributed by atoms with Crippen molar-refractivity contribution in [1.82, 2.24) is 14.8 Å². The number of benzene rings is 3. The summed E-state index contributed by atoms with van der Waals surface area (Å²) < 4.78 is 28.0. The minimum absolute atomic E-state index is 0.100. The molecule has 228 valence electrons. The number of hydrogen-bond donors (Lipinski definition) is 1. The molecule has 3 aromatic carbocycles. The number of esters is 1. The van der Waals surface area contributed by atoms with Crippen LogP contribution in [0.1, 0.15) is 61.8 Å². The standard InChI is InChI=1S/C33H31Cl2FN4O3S/c1-20-29(31(41)43-26-8-3-2-4-9-26)30(21-12-15-25(16-13-21)42-18-22-11-14-24(34)17-27(22)35)40-32(37-20)38-33(39-40)44-19-23-7-5-6-10-28(23)36/h5-7,10-17,26,30H,2-4,8-9,18-19H2,1H3,(H,37,38,39). The first-order valence-corrected chi connectivity index (χ1v) is 16.3. The van der Waals surface area contributed by atoms with Gasteiger partial charge in [-0.15, -0.1) is 5.10 Å². The summed E-state index contributed by atoms with van der Waals surface area (Å²) in [7, 11) is 0. The molecule has 0 saturated heterocycles. The van der Waals surface area contributed by atoms with E-state index in [9.17, 15) is 9.18 Å². The number of thioether (sulfide) groups is 1. The second-order valence-corrected chi connectivity index (χ2v) is 12.7. The van der Waals surface area contributed by atoms with Gasteiger partial charge in [0.25, 0.3) is 0 Å². The summed E-state index contributed by atoms with van der Waals surface area (Å²) in [5, 5.41) is 9.58. The molecule has 2 heterocycles. The lowest BCUT2D eigenvalue weighted by atomic mass is 9.95. The fourth-order valence-electron chi connectivity index (χ4n) is 5.47. The molecule has 1 atom stereocenters. The number of anilines is 1. The average Bonchev–Trinajstić information content (AvgIpc) is 3.42. The van der Waals surface area contributed by atoms with E-state index in [1.165, 1.54) is 17.8 Å². The highest BCUT2D eigenvalue weighted by atomic mass is 35.5. The number of rotatable bonds is 9. The highest BCUT2D eigenvalue weighted by Gasteiger charge is 2.36. The number of halogens is 3. The van der Waals surface area contributed by atoms with Gasteiger partial charge in [-0.05, 0) is 74.1 Å². The Morgan fingerprint density at radius 3 is 2.57 bits per heavy atom. The van der Waals surface area contributed by atoms with Crippen LogP contribution >= 0.6 is 35.0 Å². The van der Waals surface area contributed by atoms with Crippen molar-refractivity contribution < 1.29 is 18.7 Å². The van der Waals surface area contributed by atoms with Crippen molar-refractivity contribution in [3.63, 3.8) is 0 Å². The van der Waals surface area contributed by atoms with Crippen LogP contribution in [-0.2, 0) is 21.9 Å². The Balaban J connectivity index is 1.27. The van der Waals surface area contributed by atoms with Crippen LogP contribution in [0.4, 0.5) is 10.3 Å². The molecule has 1 saturated carbocycles. The largest absolute Gasteiger partial charge is 0.489 e. The summed E-state index contributed by atoms with van der Waals surface area (Å²) in [6, 6.07) is 18.9. The second-order valence-electron chi connectivity index (χ2n) is 10.9. The van der Waals surface area contributed by atoms with Crippen molar-refractivity contribution in [3.8, 4) is 5.75 Å². The summed E-state index contributed by atoms with van der Waals surface area (Å²) in [6.07, 6.45) is 4.90. The summed E-state index contributed by atoms with van der Waals surface area (Å²) in [5.74, 6) is 0.862. The summed E-state index contributed by atoms with van der Waals surface area (Å²) in [4.78, 5) is 18.4. The third-order valence-corrected chi connectivity index (χ3v) is 9.27. The quantitative estimate of drug-likeness (QED) is 0.143. The van der Waals surface area contributed by atoms with E-state index in [4.69, 9.17) is 37.8 Å². The molecule has 4 aromatic rings. The highest BCUT2D eigenvalue weighted by Crippen LogP contribution is 2.38. The molecular formula is C33H31Cl2FN4O3S. The molecule has 1 N–H and O–H groups in total. The number of fused-ring (bicyclic) bond motifs is 1. The number of aromatic nitrogens is 3. The number of carbonyl (C=O) groups excluding carboxylic acids is 1. The molecular weight excluding hydrogens is 622 g/mol. The molecule has 0 spiro atoms. The van der Waals surface area contributed by atoms with Gasteiger partial charge in [0.2, 0.25) is 11.1 Å². The number of nitrogens with zero attached hydrogens (tertiary/aromatic N) is 3. The van der Waals surface area contributed by atoms with E-state index in [0.29, 0.717) is 49.5 Å². The molecule has 11 heteroatoms. The molecule has 2 aliphatic rings. The fourth-order valence-corrected chi connectivity index (χ4v) is 6.75. The van der Waals surface area contributed by atoms with Crippen LogP contribution in [0.5, 0.6) is 5.75 Å². The predicted molar refractivity (Wildman–Crippen MR) is 171 cm³/mol. The van der Waals surface area contributed by atoms with E-state index in [-0.39, 0.29) is 24.5 Å². The van der Waals surface area contributed by atoms with E-state index in [1.807, 2.05) is 37.3 Å². The zero-order valence-corrected chi connectivity index (χ0v) is 26.4. The molecule has 1 unspecified atom stereocenters. The zero-order chi connectivity index (χ0) is 30.6. The van der Waals surface area contributed by atoms with Gasteiger partial charge in [0.1, 0.15) is 30.3 Å². The first kappa shape index (κ1) is 30.5. The summed E-state index contributed by atoms with van der Waals surface area (Å²) in [6.45, 7) is 2.12. The van der Waals surface area contributed by atoms with Crippen molar-refractivity contribution in [2.45, 2.75) is 68.7 Å². The van der Waals surface area contributed by atoms with Gasteiger partial charge < -0.3 is 14.8 Å². The number of ether oxygens (including phenoxy) is 2. The van der Waals surface area contributed by atoms with Gasteiger partial charge in [-0.2, -0.15) is 4.98 Å². The Bertz CT molecular complexity index is 1690. The van der Waals surface area contributed by atoms with Crippen LogP contribution in [0.25, 0.3) is 0 Å². The van der Waals surface area contributed by atoms with E-state index in [1.54, 1.807) is 35.0 Å². The lowest BCUT2D eigenvalue weighted by molar-refractivity contribution is -0.146. The number of carbonyl (C=O) groups is 1. The lowest BCUT2D eigenvalue weighted by Gasteiger charge is -2.30. The minimum Gasteiger partial charge on any atom is -0.489 e. The molecule has 44 heavy (non-hydrogen) atoms. The number of hydrogen-bond acceptors (Lipinski definition) is 7. The molecule has 0 amide bonds. The topological polar surface area (TPSA) is 78.3 Å². The molecule has 0 bridgehead atoms. The van der Waals surface area contributed by atoms with Crippen LogP contribution in [-0.4, -0.2) is 26.8 Å². The Labute approximate surface area is 269 Å². The molecule has 0 radical (unpaired) electrons.